The molecule has 0 saturated carbocycles. The maximum absolute atomic E-state index is 13.0. The number of ether oxygens (including phenoxy) is 1. The number of hydrogen-bond acceptors (Lipinski definition) is 6. The fourth-order valence-electron chi connectivity index (χ4n) is 3.57. The molecule has 1 unspecified atom stereocenters. The van der Waals surface area contributed by atoms with Crippen LogP contribution < -0.4 is 15.4 Å². The Hall–Kier alpha value is -4.07. The van der Waals surface area contributed by atoms with Crippen molar-refractivity contribution >= 4 is 39.1 Å². The van der Waals surface area contributed by atoms with E-state index in [0.29, 0.717) is 27.6 Å². The van der Waals surface area contributed by atoms with Crippen molar-refractivity contribution in [3.05, 3.63) is 88.9 Å². The summed E-state index contributed by atoms with van der Waals surface area (Å²) in [6, 6.07) is 19.8. The van der Waals surface area contributed by atoms with Crippen LogP contribution in [-0.4, -0.2) is 38.3 Å². The first-order valence-electron chi connectivity index (χ1n) is 11.1. The summed E-state index contributed by atoms with van der Waals surface area (Å²) >= 11 is 6.29. The van der Waals surface area contributed by atoms with Gasteiger partial charge in [0.2, 0.25) is 5.96 Å². The third-order valence-electron chi connectivity index (χ3n) is 5.40. The molecule has 0 radical (unpaired) electrons. The number of anilines is 1. The number of carboxylic acids is 1. The number of nitrogens with one attached hydrogen (secondary N) is 2. The van der Waals surface area contributed by atoms with E-state index in [1.54, 1.807) is 54.7 Å². The van der Waals surface area contributed by atoms with E-state index in [9.17, 15) is 18.3 Å². The van der Waals surface area contributed by atoms with Crippen molar-refractivity contribution in [3.8, 4) is 11.9 Å². The summed E-state index contributed by atoms with van der Waals surface area (Å²) in [5.41, 5.74) is 1.96. The second kappa shape index (κ2) is 12.8. The Kier molecular flexibility index (Phi) is 9.49. The zero-order chi connectivity index (χ0) is 26.8. The fourth-order valence-corrected chi connectivity index (χ4v) is 5.33. The van der Waals surface area contributed by atoms with Crippen LogP contribution in [0.1, 0.15) is 23.5 Å². The summed E-state index contributed by atoms with van der Waals surface area (Å²) in [4.78, 5) is 15.3. The fraction of sp³-hybridized carbons (Fsp3) is 0.192. The molecule has 3 N–H and O–H groups in total. The van der Waals surface area contributed by atoms with Gasteiger partial charge < -0.3 is 15.2 Å². The van der Waals surface area contributed by atoms with Gasteiger partial charge in [0, 0.05) is 29.2 Å². The van der Waals surface area contributed by atoms with Crippen molar-refractivity contribution in [3.63, 3.8) is 0 Å². The number of aliphatic imine (C=N–C) groups is 1. The smallest absolute Gasteiger partial charge is 0.303 e. The molecule has 37 heavy (non-hydrogen) atoms. The van der Waals surface area contributed by atoms with Gasteiger partial charge in [0.1, 0.15) is 12.4 Å². The summed E-state index contributed by atoms with van der Waals surface area (Å²) in [7, 11) is -2.22. The van der Waals surface area contributed by atoms with Crippen LogP contribution in [0.15, 0.2) is 82.7 Å². The van der Waals surface area contributed by atoms with Gasteiger partial charge in [-0.3, -0.25) is 15.1 Å². The van der Waals surface area contributed by atoms with Crippen LogP contribution >= 0.6 is 11.6 Å². The lowest BCUT2D eigenvalue weighted by Gasteiger charge is -2.16. The number of benzene rings is 3. The molecule has 11 heteroatoms. The molecule has 0 aliphatic heterocycles. The molecule has 3 rings (SSSR count). The quantitative estimate of drug-likeness (QED) is 0.148. The Morgan fingerprint density at radius 2 is 1.84 bits per heavy atom. The predicted molar refractivity (Wildman–Crippen MR) is 141 cm³/mol. The molecule has 0 heterocycles. The van der Waals surface area contributed by atoms with E-state index in [1.807, 2.05) is 0 Å². The summed E-state index contributed by atoms with van der Waals surface area (Å²) in [6.45, 7) is 0.111. The van der Waals surface area contributed by atoms with E-state index >= 15 is 0 Å². The lowest BCUT2D eigenvalue weighted by molar-refractivity contribution is -0.137. The largest absolute Gasteiger partial charge is 0.489 e. The molecule has 3 aromatic carbocycles. The number of halogens is 1. The van der Waals surface area contributed by atoms with E-state index in [4.69, 9.17) is 21.6 Å². The summed E-state index contributed by atoms with van der Waals surface area (Å²) in [5, 5.41) is 23.9. The van der Waals surface area contributed by atoms with Crippen molar-refractivity contribution < 1.29 is 23.1 Å². The minimum absolute atomic E-state index is 0.0757. The first kappa shape index (κ1) is 27.5. The lowest BCUT2D eigenvalue weighted by atomic mass is 9.98. The first-order chi connectivity index (χ1) is 17.7. The van der Waals surface area contributed by atoms with Gasteiger partial charge in [-0.15, -0.1) is 0 Å². The molecule has 1 atom stereocenters. The molecule has 0 aliphatic carbocycles. The standard InChI is InChI=1S/C26H25ClN4O5S/c1-29-26(30-17-28)31-21-7-12-24(27)19(13-21)15-36-22-8-10-23(11-9-22)37(34,35)16-20(14-25(32)33)18-5-3-2-4-6-18/h2-13,20H,14-16H2,1H3,(H,32,33)(H2,29,30,31). The van der Waals surface area contributed by atoms with Gasteiger partial charge >= 0.3 is 5.97 Å². The normalized spacial score (nSPS) is 12.3. The highest BCUT2D eigenvalue weighted by Crippen LogP contribution is 2.27. The van der Waals surface area contributed by atoms with Gasteiger partial charge in [-0.1, -0.05) is 41.9 Å². The molecule has 9 nitrogen and oxygen atoms in total. The number of carbonyl (C=O) groups is 1. The molecule has 0 spiro atoms. The molecule has 3 aromatic rings. The Labute approximate surface area is 220 Å². The average molecular weight is 541 g/mol. The van der Waals surface area contributed by atoms with Crippen LogP contribution in [0.3, 0.4) is 0 Å². The van der Waals surface area contributed by atoms with Crippen LogP contribution in [0.5, 0.6) is 5.75 Å². The van der Waals surface area contributed by atoms with Crippen molar-refractivity contribution in [2.24, 2.45) is 4.99 Å². The number of aliphatic carboxylic acids is 1. The van der Waals surface area contributed by atoms with Gasteiger partial charge in [0.05, 0.1) is 17.1 Å². The molecular weight excluding hydrogens is 516 g/mol. The second-order valence-electron chi connectivity index (χ2n) is 7.99. The van der Waals surface area contributed by atoms with Crippen LogP contribution in [0.2, 0.25) is 5.02 Å². The summed E-state index contributed by atoms with van der Waals surface area (Å²) < 4.78 is 31.9. The van der Waals surface area contributed by atoms with Gasteiger partial charge in [-0.25, -0.2) is 8.42 Å². The van der Waals surface area contributed by atoms with Crippen LogP contribution in [0.25, 0.3) is 0 Å². The minimum Gasteiger partial charge on any atom is -0.489 e. The van der Waals surface area contributed by atoms with Crippen molar-refractivity contribution in [1.82, 2.24) is 5.32 Å². The Morgan fingerprint density at radius 3 is 2.46 bits per heavy atom. The van der Waals surface area contributed by atoms with Crippen LogP contribution in [0, 0.1) is 11.5 Å². The highest BCUT2D eigenvalue weighted by molar-refractivity contribution is 7.91. The van der Waals surface area contributed by atoms with E-state index in [1.165, 1.54) is 31.3 Å². The van der Waals surface area contributed by atoms with Crippen LogP contribution in [0.4, 0.5) is 5.69 Å². The highest BCUT2D eigenvalue weighted by Gasteiger charge is 2.25. The number of carboxylic acid groups (broad SMARTS) is 1. The molecule has 0 aromatic heterocycles. The molecule has 0 amide bonds. The lowest BCUT2D eigenvalue weighted by Crippen LogP contribution is -2.26. The molecule has 0 aliphatic rings. The van der Waals surface area contributed by atoms with Gasteiger partial charge in [0.15, 0.2) is 16.0 Å². The maximum Gasteiger partial charge on any atom is 0.303 e. The molecule has 0 saturated heterocycles. The van der Waals surface area contributed by atoms with Crippen molar-refractivity contribution in [2.75, 3.05) is 18.1 Å². The van der Waals surface area contributed by atoms with E-state index in [-0.39, 0.29) is 29.6 Å². The molecule has 0 bridgehead atoms. The molecular formula is C26H25ClN4O5S. The third kappa shape index (κ3) is 7.96. The number of guanidine groups is 1. The monoisotopic (exact) mass is 540 g/mol. The molecule has 0 fully saturated rings. The van der Waals surface area contributed by atoms with Gasteiger partial charge in [-0.05, 0) is 48.0 Å². The van der Waals surface area contributed by atoms with E-state index in [2.05, 4.69) is 15.6 Å². The van der Waals surface area contributed by atoms with Crippen molar-refractivity contribution in [2.45, 2.75) is 23.8 Å². The van der Waals surface area contributed by atoms with Crippen LogP contribution in [-0.2, 0) is 21.2 Å². The Balaban J connectivity index is 1.69. The number of rotatable bonds is 10. The molecule has 192 valence electrons. The number of hydrogen-bond donors (Lipinski definition) is 3. The first-order valence-corrected chi connectivity index (χ1v) is 13.1. The summed E-state index contributed by atoms with van der Waals surface area (Å²) in [6.07, 6.45) is 1.50. The minimum atomic E-state index is -3.76. The highest BCUT2D eigenvalue weighted by atomic mass is 35.5. The topological polar surface area (TPSA) is 141 Å². The van der Waals surface area contributed by atoms with Crippen molar-refractivity contribution in [1.29, 1.82) is 5.26 Å². The van der Waals surface area contributed by atoms with E-state index in [0.717, 1.165) is 0 Å². The second-order valence-corrected chi connectivity index (χ2v) is 10.4. The number of nitriles is 1. The predicted octanol–water partition coefficient (Wildman–Crippen LogP) is 4.42. The van der Waals surface area contributed by atoms with Gasteiger partial charge in [-0.2, -0.15) is 5.26 Å². The Morgan fingerprint density at radius 1 is 1.14 bits per heavy atom. The average Bonchev–Trinajstić information content (AvgIpc) is 2.88. The van der Waals surface area contributed by atoms with E-state index < -0.39 is 21.7 Å². The summed E-state index contributed by atoms with van der Waals surface area (Å²) in [5.74, 6) is -1.37. The number of nitrogens with zero attached hydrogens (tertiary/aromatic N) is 2. The van der Waals surface area contributed by atoms with Gasteiger partial charge in [0.25, 0.3) is 0 Å². The number of sulfone groups is 1. The maximum atomic E-state index is 13.0. The SMILES string of the molecule is CN=C(NC#N)Nc1ccc(Cl)c(COc2ccc(S(=O)(=O)CC(CC(=O)O)c3ccccc3)cc2)c1. The third-order valence-corrected chi connectivity index (χ3v) is 7.60. The zero-order valence-electron chi connectivity index (χ0n) is 19.9. The zero-order valence-corrected chi connectivity index (χ0v) is 21.5. The Bertz CT molecular complexity index is 1410.